The second-order valence-electron chi connectivity index (χ2n) is 4.55. The summed E-state index contributed by atoms with van der Waals surface area (Å²) >= 11 is 0. The van der Waals surface area contributed by atoms with Gasteiger partial charge in [-0.2, -0.15) is 4.31 Å². The van der Waals surface area contributed by atoms with Gasteiger partial charge in [-0.15, -0.1) is 0 Å². The molecule has 2 aliphatic rings. The van der Waals surface area contributed by atoms with Crippen LogP contribution >= 0.6 is 0 Å². The van der Waals surface area contributed by atoms with Crippen molar-refractivity contribution in [2.24, 2.45) is 0 Å². The minimum Gasteiger partial charge on any atom is -0.391 e. The zero-order valence-electron chi connectivity index (χ0n) is 8.93. The van der Waals surface area contributed by atoms with Gasteiger partial charge in [-0.05, 0) is 25.7 Å². The lowest BCUT2D eigenvalue weighted by molar-refractivity contribution is 0.0537. The Hall–Kier alpha value is -0.130. The van der Waals surface area contributed by atoms with Crippen molar-refractivity contribution >= 4 is 10.0 Å². The molecule has 0 aromatic rings. The molecule has 1 N–H and O–H groups in total. The van der Waals surface area contributed by atoms with Gasteiger partial charge in [0.05, 0.1) is 17.9 Å². The van der Waals surface area contributed by atoms with E-state index in [0.717, 1.165) is 38.5 Å². The Labute approximate surface area is 91.3 Å². The van der Waals surface area contributed by atoms with Crippen molar-refractivity contribution in [2.45, 2.75) is 50.7 Å². The van der Waals surface area contributed by atoms with Crippen molar-refractivity contribution in [2.75, 3.05) is 12.3 Å². The fraction of sp³-hybridized carbons (Fsp3) is 1.00. The van der Waals surface area contributed by atoms with E-state index in [1.165, 1.54) is 0 Å². The maximum atomic E-state index is 11.8. The van der Waals surface area contributed by atoms with E-state index >= 15 is 0 Å². The summed E-state index contributed by atoms with van der Waals surface area (Å²) in [7, 11) is -3.08. The Morgan fingerprint density at radius 2 is 1.80 bits per heavy atom. The molecule has 1 heterocycles. The quantitative estimate of drug-likeness (QED) is 0.726. The van der Waals surface area contributed by atoms with E-state index in [4.69, 9.17) is 0 Å². The minimum atomic E-state index is -3.08. The lowest BCUT2D eigenvalue weighted by atomic mass is 9.92. The van der Waals surface area contributed by atoms with E-state index < -0.39 is 16.1 Å². The smallest absolute Gasteiger partial charge is 0.214 e. The molecule has 1 saturated carbocycles. The number of nitrogens with zero attached hydrogens (tertiary/aromatic N) is 1. The number of rotatable bonds is 1. The van der Waals surface area contributed by atoms with Gasteiger partial charge in [0.2, 0.25) is 10.0 Å². The number of sulfonamides is 1. The zero-order chi connectivity index (χ0) is 10.9. The zero-order valence-corrected chi connectivity index (χ0v) is 9.75. The first-order chi connectivity index (χ1) is 7.11. The molecule has 1 aliphatic heterocycles. The first kappa shape index (κ1) is 11.4. The van der Waals surface area contributed by atoms with Crippen molar-refractivity contribution < 1.29 is 13.5 Å². The van der Waals surface area contributed by atoms with Crippen LogP contribution in [0.15, 0.2) is 0 Å². The summed E-state index contributed by atoms with van der Waals surface area (Å²) in [5, 5.41) is 9.85. The normalized spacial score (nSPS) is 37.7. The Bertz CT molecular complexity index is 315. The predicted octanol–water partition coefficient (Wildman–Crippen LogP) is 0.716. The maximum Gasteiger partial charge on any atom is 0.214 e. The summed E-state index contributed by atoms with van der Waals surface area (Å²) in [6.07, 6.45) is 4.87. The molecule has 88 valence electrons. The van der Waals surface area contributed by atoms with Crippen LogP contribution in [0, 0.1) is 0 Å². The Balaban J connectivity index is 2.13. The Morgan fingerprint density at radius 1 is 1.07 bits per heavy atom. The summed E-state index contributed by atoms with van der Waals surface area (Å²) in [6, 6.07) is -0.149. The molecule has 2 fully saturated rings. The van der Waals surface area contributed by atoms with Gasteiger partial charge in [-0.25, -0.2) is 8.42 Å². The van der Waals surface area contributed by atoms with Crippen LogP contribution in [0.5, 0.6) is 0 Å². The van der Waals surface area contributed by atoms with Crippen molar-refractivity contribution in [1.82, 2.24) is 4.31 Å². The number of aliphatic hydroxyl groups is 1. The lowest BCUT2D eigenvalue weighted by Crippen LogP contribution is -2.51. The molecule has 1 aliphatic carbocycles. The van der Waals surface area contributed by atoms with E-state index in [-0.39, 0.29) is 11.8 Å². The fourth-order valence-corrected chi connectivity index (χ4v) is 4.48. The van der Waals surface area contributed by atoms with Crippen molar-refractivity contribution in [3.05, 3.63) is 0 Å². The van der Waals surface area contributed by atoms with Gasteiger partial charge in [-0.3, -0.25) is 0 Å². The van der Waals surface area contributed by atoms with Crippen LogP contribution in [0.25, 0.3) is 0 Å². The van der Waals surface area contributed by atoms with Crippen LogP contribution < -0.4 is 0 Å². The number of hydrogen-bond donors (Lipinski definition) is 1. The van der Waals surface area contributed by atoms with E-state index in [9.17, 15) is 13.5 Å². The van der Waals surface area contributed by atoms with Crippen molar-refractivity contribution in [3.63, 3.8) is 0 Å². The van der Waals surface area contributed by atoms with Crippen molar-refractivity contribution in [1.29, 1.82) is 0 Å². The highest BCUT2D eigenvalue weighted by atomic mass is 32.2. The highest BCUT2D eigenvalue weighted by Gasteiger charge is 2.37. The van der Waals surface area contributed by atoms with Crippen LogP contribution in [0.4, 0.5) is 0 Å². The number of aliphatic hydroxyl groups excluding tert-OH is 1. The molecule has 2 atom stereocenters. The molecule has 5 heteroatoms. The average molecular weight is 233 g/mol. The second kappa shape index (κ2) is 4.39. The molecule has 2 unspecified atom stereocenters. The van der Waals surface area contributed by atoms with Gasteiger partial charge < -0.3 is 5.11 Å². The van der Waals surface area contributed by atoms with E-state index in [0.29, 0.717) is 6.54 Å². The highest BCUT2D eigenvalue weighted by Crippen LogP contribution is 2.27. The summed E-state index contributed by atoms with van der Waals surface area (Å²) in [6.45, 7) is 0.601. The van der Waals surface area contributed by atoms with Gasteiger partial charge in [0.15, 0.2) is 0 Å². The SMILES string of the molecule is O=S1(=O)CCCCN1C1CCCCC1O. The third kappa shape index (κ3) is 2.34. The van der Waals surface area contributed by atoms with Crippen molar-refractivity contribution in [3.8, 4) is 0 Å². The fourth-order valence-electron chi connectivity index (χ4n) is 2.61. The van der Waals surface area contributed by atoms with Crippen LogP contribution in [-0.4, -0.2) is 42.3 Å². The molecule has 0 aromatic carbocycles. The first-order valence-electron chi connectivity index (χ1n) is 5.79. The Kier molecular flexibility index (Phi) is 3.33. The molecule has 0 aromatic heterocycles. The van der Waals surface area contributed by atoms with Crippen LogP contribution in [0.1, 0.15) is 38.5 Å². The van der Waals surface area contributed by atoms with Gasteiger partial charge in [0.1, 0.15) is 0 Å². The summed E-state index contributed by atoms with van der Waals surface area (Å²) in [5.41, 5.74) is 0. The molecule has 0 radical (unpaired) electrons. The molecule has 0 amide bonds. The third-order valence-electron chi connectivity index (χ3n) is 3.45. The highest BCUT2D eigenvalue weighted by molar-refractivity contribution is 7.89. The van der Waals surface area contributed by atoms with E-state index in [1.807, 2.05) is 0 Å². The van der Waals surface area contributed by atoms with Gasteiger partial charge in [0, 0.05) is 6.54 Å². The predicted molar refractivity (Wildman–Crippen MR) is 58.0 cm³/mol. The summed E-state index contributed by atoms with van der Waals surface area (Å²) < 4.78 is 25.2. The Morgan fingerprint density at radius 3 is 2.47 bits per heavy atom. The molecule has 2 rings (SSSR count). The van der Waals surface area contributed by atoms with Crippen LogP contribution in [0.2, 0.25) is 0 Å². The molecule has 1 saturated heterocycles. The van der Waals surface area contributed by atoms with Crippen LogP contribution in [0.3, 0.4) is 0 Å². The van der Waals surface area contributed by atoms with E-state index in [2.05, 4.69) is 0 Å². The third-order valence-corrected chi connectivity index (χ3v) is 5.42. The van der Waals surface area contributed by atoms with Gasteiger partial charge in [0.25, 0.3) is 0 Å². The summed E-state index contributed by atoms with van der Waals surface area (Å²) in [5.74, 6) is 0.260. The molecule has 0 bridgehead atoms. The maximum absolute atomic E-state index is 11.8. The minimum absolute atomic E-state index is 0.149. The van der Waals surface area contributed by atoms with E-state index in [1.54, 1.807) is 4.31 Å². The monoisotopic (exact) mass is 233 g/mol. The van der Waals surface area contributed by atoms with Gasteiger partial charge in [-0.1, -0.05) is 12.8 Å². The summed E-state index contributed by atoms with van der Waals surface area (Å²) in [4.78, 5) is 0. The molecule has 15 heavy (non-hydrogen) atoms. The number of hydrogen-bond acceptors (Lipinski definition) is 3. The van der Waals surface area contributed by atoms with Gasteiger partial charge >= 0.3 is 0 Å². The topological polar surface area (TPSA) is 57.6 Å². The first-order valence-corrected chi connectivity index (χ1v) is 7.40. The second-order valence-corrected chi connectivity index (χ2v) is 6.59. The largest absolute Gasteiger partial charge is 0.391 e. The molecule has 0 spiro atoms. The average Bonchev–Trinajstić information content (AvgIpc) is 2.19. The standard InChI is InChI=1S/C10H19NO3S/c12-10-6-2-1-5-9(10)11-7-3-4-8-15(11,13)14/h9-10,12H,1-8H2. The molecular formula is C10H19NO3S. The molecule has 4 nitrogen and oxygen atoms in total. The van der Waals surface area contributed by atoms with Crippen LogP contribution in [-0.2, 0) is 10.0 Å². The molecular weight excluding hydrogens is 214 g/mol. The lowest BCUT2D eigenvalue weighted by Gasteiger charge is -2.38.